The van der Waals surface area contributed by atoms with Crippen LogP contribution in [0.2, 0.25) is 0 Å². The molecule has 0 unspecified atom stereocenters. The van der Waals surface area contributed by atoms with E-state index >= 15 is 0 Å². The van der Waals surface area contributed by atoms with E-state index in [0.717, 1.165) is 36.7 Å². The molecular formula is C22H30N2O3. The molecule has 3 aliphatic heterocycles. The second-order valence-electron chi connectivity index (χ2n) is 8.74. The Labute approximate surface area is 161 Å². The van der Waals surface area contributed by atoms with Crippen molar-refractivity contribution in [1.29, 1.82) is 0 Å². The van der Waals surface area contributed by atoms with Gasteiger partial charge in [0.2, 0.25) is 5.76 Å². The molecule has 1 aromatic heterocycles. The number of carbonyl (C=O) groups is 1. The molecule has 0 aromatic carbocycles. The van der Waals surface area contributed by atoms with E-state index in [-0.39, 0.29) is 0 Å². The maximum absolute atomic E-state index is 11.7. The molecule has 0 radical (unpaired) electrons. The number of ether oxygens (including phenoxy) is 1. The summed E-state index contributed by atoms with van der Waals surface area (Å²) in [5, 5.41) is 0. The van der Waals surface area contributed by atoms with E-state index in [1.807, 2.05) is 6.07 Å². The van der Waals surface area contributed by atoms with E-state index < -0.39 is 5.97 Å². The first-order chi connectivity index (χ1) is 13.2. The van der Waals surface area contributed by atoms with Crippen LogP contribution in [0.5, 0.6) is 0 Å². The van der Waals surface area contributed by atoms with Crippen LogP contribution in [0.1, 0.15) is 54.8 Å². The number of furan rings is 1. The summed E-state index contributed by atoms with van der Waals surface area (Å²) in [6.07, 6.45) is 10.6. The van der Waals surface area contributed by atoms with Crippen molar-refractivity contribution in [2.24, 2.45) is 11.8 Å². The first kappa shape index (κ1) is 17.5. The molecule has 1 aliphatic carbocycles. The summed E-state index contributed by atoms with van der Waals surface area (Å²) < 4.78 is 10.5. The molecule has 0 spiro atoms. The molecule has 4 heterocycles. The molecular weight excluding hydrogens is 340 g/mol. The van der Waals surface area contributed by atoms with Gasteiger partial charge < -0.3 is 9.15 Å². The van der Waals surface area contributed by atoms with E-state index in [0.29, 0.717) is 11.8 Å². The molecule has 4 aliphatic rings. The highest BCUT2D eigenvalue weighted by molar-refractivity contribution is 5.86. The Morgan fingerprint density at radius 1 is 1.26 bits per heavy atom. The smallest absolute Gasteiger partial charge is 0.373 e. The molecule has 2 bridgehead atoms. The summed E-state index contributed by atoms with van der Waals surface area (Å²) in [4.78, 5) is 17.1. The van der Waals surface area contributed by atoms with Crippen LogP contribution in [0, 0.1) is 11.8 Å². The number of hydrogen-bond acceptors (Lipinski definition) is 5. The number of rotatable bonds is 3. The van der Waals surface area contributed by atoms with Gasteiger partial charge in [0.05, 0.1) is 13.7 Å². The summed E-state index contributed by atoms with van der Waals surface area (Å²) in [6, 6.07) is 5.01. The molecule has 5 rings (SSSR count). The lowest BCUT2D eigenvalue weighted by Gasteiger charge is -2.54. The number of likely N-dealkylation sites (tertiary alicyclic amines) is 1. The number of nitrogens with zero attached hydrogens (tertiary/aromatic N) is 2. The number of hydrogen-bond donors (Lipinski definition) is 0. The van der Waals surface area contributed by atoms with Crippen molar-refractivity contribution in [3.05, 3.63) is 35.3 Å². The summed E-state index contributed by atoms with van der Waals surface area (Å²) >= 11 is 0. The zero-order valence-electron chi connectivity index (χ0n) is 16.2. The van der Waals surface area contributed by atoms with Crippen molar-refractivity contribution in [2.45, 2.75) is 57.2 Å². The third-order valence-electron chi connectivity index (χ3n) is 7.17. The Bertz CT molecular complexity index is 740. The van der Waals surface area contributed by atoms with Gasteiger partial charge in [0.25, 0.3) is 0 Å². The predicted octanol–water partition coefficient (Wildman–Crippen LogP) is 3.46. The van der Waals surface area contributed by atoms with Crippen LogP contribution in [0.15, 0.2) is 28.2 Å². The first-order valence-corrected chi connectivity index (χ1v) is 10.6. The second-order valence-corrected chi connectivity index (χ2v) is 8.74. The van der Waals surface area contributed by atoms with Gasteiger partial charge in [-0.05, 0) is 69.2 Å². The van der Waals surface area contributed by atoms with E-state index in [4.69, 9.17) is 9.15 Å². The Morgan fingerprint density at radius 2 is 2.19 bits per heavy atom. The molecule has 0 saturated carbocycles. The Balaban J connectivity index is 1.37. The average Bonchev–Trinajstić information content (AvgIpc) is 3.16. The fourth-order valence-corrected chi connectivity index (χ4v) is 6.13. The Hall–Kier alpha value is -1.59. The van der Waals surface area contributed by atoms with Crippen LogP contribution in [-0.2, 0) is 11.3 Å². The standard InChI is InChI=1S/C22H30N2O3/c1-26-22(25)20-8-7-18(27-20)14-24-10-4-5-15-11-16-12-17(21(15)24)13-23-9-3-2-6-19(16)23/h7-8,11,16-17,19,21H,2-6,9-10,12-14H2,1H3/t16-,17-,19+,21+/m0/s1. The number of piperidine rings is 3. The van der Waals surface area contributed by atoms with Gasteiger partial charge in [-0.25, -0.2) is 4.79 Å². The second kappa shape index (κ2) is 7.10. The van der Waals surface area contributed by atoms with E-state index in [2.05, 4.69) is 15.9 Å². The first-order valence-electron chi connectivity index (χ1n) is 10.6. The van der Waals surface area contributed by atoms with Crippen LogP contribution >= 0.6 is 0 Å². The topological polar surface area (TPSA) is 45.9 Å². The van der Waals surface area contributed by atoms with Crippen LogP contribution in [0.25, 0.3) is 0 Å². The Kier molecular flexibility index (Phi) is 4.60. The van der Waals surface area contributed by atoms with Gasteiger partial charge in [-0.2, -0.15) is 0 Å². The van der Waals surface area contributed by atoms with Crippen molar-refractivity contribution in [3.8, 4) is 0 Å². The van der Waals surface area contributed by atoms with Crippen LogP contribution in [-0.4, -0.2) is 54.6 Å². The third kappa shape index (κ3) is 3.15. The summed E-state index contributed by atoms with van der Waals surface area (Å²) in [5.41, 5.74) is 1.67. The van der Waals surface area contributed by atoms with Crippen molar-refractivity contribution < 1.29 is 13.9 Å². The maximum atomic E-state index is 11.7. The molecule has 146 valence electrons. The minimum atomic E-state index is -0.399. The summed E-state index contributed by atoms with van der Waals surface area (Å²) in [6.45, 7) is 4.43. The average molecular weight is 370 g/mol. The molecule has 0 amide bonds. The van der Waals surface area contributed by atoms with Crippen molar-refractivity contribution in [1.82, 2.24) is 9.80 Å². The Morgan fingerprint density at radius 3 is 3.07 bits per heavy atom. The molecule has 0 N–H and O–H groups in total. The number of methoxy groups -OCH3 is 1. The van der Waals surface area contributed by atoms with Crippen LogP contribution < -0.4 is 0 Å². The highest BCUT2D eigenvalue weighted by atomic mass is 16.5. The van der Waals surface area contributed by atoms with Gasteiger partial charge in [0.1, 0.15) is 5.76 Å². The van der Waals surface area contributed by atoms with Gasteiger partial charge in [-0.3, -0.25) is 9.80 Å². The van der Waals surface area contributed by atoms with Gasteiger partial charge in [0, 0.05) is 18.6 Å². The van der Waals surface area contributed by atoms with Crippen molar-refractivity contribution in [3.63, 3.8) is 0 Å². The molecule has 3 fully saturated rings. The molecule has 5 nitrogen and oxygen atoms in total. The zero-order chi connectivity index (χ0) is 18.4. The minimum Gasteiger partial charge on any atom is -0.463 e. The van der Waals surface area contributed by atoms with Gasteiger partial charge in [-0.1, -0.05) is 18.1 Å². The number of fused-ring (bicyclic) bond motifs is 6. The molecule has 27 heavy (non-hydrogen) atoms. The maximum Gasteiger partial charge on any atom is 0.373 e. The lowest BCUT2D eigenvalue weighted by molar-refractivity contribution is -0.00413. The highest BCUT2D eigenvalue weighted by Crippen LogP contribution is 2.45. The highest BCUT2D eigenvalue weighted by Gasteiger charge is 2.45. The van der Waals surface area contributed by atoms with Gasteiger partial charge in [-0.15, -0.1) is 0 Å². The summed E-state index contributed by atoms with van der Waals surface area (Å²) in [5.74, 6) is 2.28. The van der Waals surface area contributed by atoms with E-state index in [1.54, 1.807) is 11.6 Å². The third-order valence-corrected chi connectivity index (χ3v) is 7.17. The minimum absolute atomic E-state index is 0.304. The normalized spacial score (nSPS) is 33.7. The summed E-state index contributed by atoms with van der Waals surface area (Å²) in [7, 11) is 1.39. The van der Waals surface area contributed by atoms with Gasteiger partial charge in [0.15, 0.2) is 0 Å². The zero-order valence-corrected chi connectivity index (χ0v) is 16.2. The number of carbonyl (C=O) groups excluding carboxylic acids is 1. The van der Waals surface area contributed by atoms with E-state index in [9.17, 15) is 4.79 Å². The van der Waals surface area contributed by atoms with Crippen molar-refractivity contribution >= 4 is 5.97 Å². The quantitative estimate of drug-likeness (QED) is 0.602. The van der Waals surface area contributed by atoms with E-state index in [1.165, 1.54) is 58.7 Å². The molecule has 5 heteroatoms. The largest absolute Gasteiger partial charge is 0.463 e. The monoisotopic (exact) mass is 370 g/mol. The predicted molar refractivity (Wildman–Crippen MR) is 102 cm³/mol. The van der Waals surface area contributed by atoms with Gasteiger partial charge >= 0.3 is 5.97 Å². The van der Waals surface area contributed by atoms with Crippen molar-refractivity contribution in [2.75, 3.05) is 26.7 Å². The SMILES string of the molecule is COC(=O)c1ccc(CN2CCCC3=C[C@H]4C[C@@H](CN5CCCC[C@H]45)[C@@H]32)o1. The molecule has 1 aromatic rings. The molecule has 4 atom stereocenters. The van der Waals surface area contributed by atoms with Crippen LogP contribution in [0.4, 0.5) is 0 Å². The lowest BCUT2D eigenvalue weighted by Crippen LogP contribution is -2.58. The van der Waals surface area contributed by atoms with Crippen LogP contribution in [0.3, 0.4) is 0 Å². The lowest BCUT2D eigenvalue weighted by atomic mass is 9.68. The fourth-order valence-electron chi connectivity index (χ4n) is 6.13. The fraction of sp³-hybridized carbons (Fsp3) is 0.682. The number of esters is 1. The molecule has 3 saturated heterocycles.